The lowest BCUT2D eigenvalue weighted by atomic mass is 10.2. The van der Waals surface area contributed by atoms with Crippen molar-refractivity contribution in [3.8, 4) is 0 Å². The van der Waals surface area contributed by atoms with Crippen LogP contribution in [0.1, 0.15) is 12.0 Å². The molecule has 2 heterocycles. The number of hydrogen-bond acceptors (Lipinski definition) is 5. The summed E-state index contributed by atoms with van der Waals surface area (Å²) >= 11 is 1.88. The van der Waals surface area contributed by atoms with Gasteiger partial charge < -0.3 is 10.2 Å². The van der Waals surface area contributed by atoms with E-state index in [9.17, 15) is 13.2 Å². The monoisotopic (exact) mass is 383 g/mol. The van der Waals surface area contributed by atoms with Crippen molar-refractivity contribution in [2.24, 2.45) is 0 Å². The van der Waals surface area contributed by atoms with Gasteiger partial charge in [-0.3, -0.25) is 4.79 Å². The van der Waals surface area contributed by atoms with Crippen LogP contribution in [0.3, 0.4) is 0 Å². The lowest BCUT2D eigenvalue weighted by Crippen LogP contribution is -2.52. The number of piperazine rings is 1. The molecule has 25 heavy (non-hydrogen) atoms. The van der Waals surface area contributed by atoms with Gasteiger partial charge in [-0.25, -0.2) is 8.42 Å². The first-order valence-electron chi connectivity index (χ1n) is 8.65. The Labute approximate surface area is 154 Å². The minimum atomic E-state index is -3.33. The molecule has 2 aliphatic heterocycles. The van der Waals surface area contributed by atoms with E-state index in [1.165, 1.54) is 4.31 Å². The van der Waals surface area contributed by atoms with E-state index in [1.807, 2.05) is 42.1 Å². The van der Waals surface area contributed by atoms with Gasteiger partial charge in [0, 0.05) is 56.7 Å². The van der Waals surface area contributed by atoms with Gasteiger partial charge in [0.15, 0.2) is 0 Å². The zero-order chi connectivity index (χ0) is 17.7. The maximum atomic E-state index is 12.6. The van der Waals surface area contributed by atoms with Gasteiger partial charge >= 0.3 is 0 Å². The van der Waals surface area contributed by atoms with Crippen LogP contribution in [-0.2, 0) is 20.6 Å². The molecule has 1 atom stereocenters. The molecule has 0 aromatic heterocycles. The summed E-state index contributed by atoms with van der Waals surface area (Å²) in [5.41, 5.74) is 0.793. The number of hydrogen-bond donors (Lipinski definition) is 1. The molecule has 2 fully saturated rings. The largest absolute Gasteiger partial charge is 0.340 e. The predicted molar refractivity (Wildman–Crippen MR) is 101 cm³/mol. The Morgan fingerprint density at radius 1 is 1.16 bits per heavy atom. The van der Waals surface area contributed by atoms with E-state index in [2.05, 4.69) is 5.32 Å². The molecule has 8 heteroatoms. The van der Waals surface area contributed by atoms with Crippen LogP contribution in [0.25, 0.3) is 0 Å². The quantitative estimate of drug-likeness (QED) is 0.813. The number of nitrogens with zero attached hydrogens (tertiary/aromatic N) is 2. The van der Waals surface area contributed by atoms with Crippen LogP contribution >= 0.6 is 11.8 Å². The Morgan fingerprint density at radius 3 is 2.52 bits per heavy atom. The fraction of sp³-hybridized carbons (Fsp3) is 0.588. The normalized spacial score (nSPS) is 22.7. The molecule has 0 bridgehead atoms. The van der Waals surface area contributed by atoms with Gasteiger partial charge in [0.05, 0.1) is 5.75 Å². The summed E-state index contributed by atoms with van der Waals surface area (Å²) in [5.74, 6) is 2.21. The molecule has 1 aromatic carbocycles. The topological polar surface area (TPSA) is 69.7 Å². The summed E-state index contributed by atoms with van der Waals surface area (Å²) < 4.78 is 26.6. The average Bonchev–Trinajstić information content (AvgIpc) is 2.63. The van der Waals surface area contributed by atoms with Crippen LogP contribution in [0.4, 0.5) is 0 Å². The number of nitrogens with one attached hydrogen (secondary N) is 1. The molecule has 0 saturated carbocycles. The summed E-state index contributed by atoms with van der Waals surface area (Å²) in [6.45, 7) is 2.68. The first-order chi connectivity index (χ1) is 12.0. The molecule has 1 amide bonds. The lowest BCUT2D eigenvalue weighted by molar-refractivity contribution is -0.132. The molecule has 0 aliphatic carbocycles. The zero-order valence-electron chi connectivity index (χ0n) is 14.3. The number of carbonyl (C=O) groups excluding carboxylic acids is 1. The molecule has 3 rings (SSSR count). The Bertz CT molecular complexity index is 668. The van der Waals surface area contributed by atoms with Crippen LogP contribution in [0.15, 0.2) is 30.3 Å². The predicted octanol–water partition coefficient (Wildman–Crippen LogP) is 0.756. The van der Waals surface area contributed by atoms with Gasteiger partial charge in [-0.15, -0.1) is 0 Å². The fourth-order valence-corrected chi connectivity index (χ4v) is 5.65. The van der Waals surface area contributed by atoms with Crippen molar-refractivity contribution >= 4 is 27.7 Å². The minimum absolute atomic E-state index is 0.0189. The SMILES string of the molecule is O=C(CC1CSCCN1)N1CCN(S(=O)(=O)Cc2ccccc2)CC1. The van der Waals surface area contributed by atoms with Crippen molar-refractivity contribution in [2.75, 3.05) is 44.2 Å². The van der Waals surface area contributed by atoms with Crippen molar-refractivity contribution in [1.82, 2.24) is 14.5 Å². The molecular formula is C17H25N3O3S2. The number of benzene rings is 1. The highest BCUT2D eigenvalue weighted by molar-refractivity contribution is 7.99. The third-order valence-corrected chi connectivity index (χ3v) is 7.58. The zero-order valence-corrected chi connectivity index (χ0v) is 15.9. The lowest BCUT2D eigenvalue weighted by Gasteiger charge is -2.35. The highest BCUT2D eigenvalue weighted by atomic mass is 32.2. The highest BCUT2D eigenvalue weighted by Gasteiger charge is 2.29. The van der Waals surface area contributed by atoms with E-state index < -0.39 is 10.0 Å². The maximum absolute atomic E-state index is 12.6. The van der Waals surface area contributed by atoms with Crippen molar-refractivity contribution in [1.29, 1.82) is 0 Å². The summed E-state index contributed by atoms with van der Waals surface area (Å²) in [6.07, 6.45) is 0.504. The number of sulfonamides is 1. The van der Waals surface area contributed by atoms with Crippen LogP contribution < -0.4 is 5.32 Å². The second-order valence-electron chi connectivity index (χ2n) is 6.45. The van der Waals surface area contributed by atoms with E-state index in [1.54, 1.807) is 4.90 Å². The molecule has 1 aromatic rings. The Balaban J connectivity index is 1.49. The molecule has 1 unspecified atom stereocenters. The molecule has 0 radical (unpaired) electrons. The van der Waals surface area contributed by atoms with Crippen LogP contribution in [-0.4, -0.2) is 73.8 Å². The van der Waals surface area contributed by atoms with Crippen LogP contribution in [0.5, 0.6) is 0 Å². The van der Waals surface area contributed by atoms with Crippen LogP contribution in [0.2, 0.25) is 0 Å². The summed E-state index contributed by atoms with van der Waals surface area (Å²) in [4.78, 5) is 14.2. The van der Waals surface area contributed by atoms with Gasteiger partial charge in [0.2, 0.25) is 15.9 Å². The number of amides is 1. The van der Waals surface area contributed by atoms with Gasteiger partial charge in [0.1, 0.15) is 0 Å². The smallest absolute Gasteiger partial charge is 0.224 e. The fourth-order valence-electron chi connectivity index (χ4n) is 3.18. The highest BCUT2D eigenvalue weighted by Crippen LogP contribution is 2.16. The number of thioether (sulfide) groups is 1. The van der Waals surface area contributed by atoms with Crippen molar-refractivity contribution < 1.29 is 13.2 Å². The molecule has 0 spiro atoms. The second kappa shape index (κ2) is 8.53. The first-order valence-corrected chi connectivity index (χ1v) is 11.4. The second-order valence-corrected chi connectivity index (χ2v) is 9.57. The van der Waals surface area contributed by atoms with E-state index in [0.717, 1.165) is 23.6 Å². The molecule has 2 saturated heterocycles. The molecule has 2 aliphatic rings. The summed E-state index contributed by atoms with van der Waals surface area (Å²) in [6, 6.07) is 9.46. The van der Waals surface area contributed by atoms with E-state index >= 15 is 0 Å². The summed E-state index contributed by atoms with van der Waals surface area (Å²) in [5, 5.41) is 3.37. The van der Waals surface area contributed by atoms with Crippen molar-refractivity contribution in [3.63, 3.8) is 0 Å². The molecular weight excluding hydrogens is 358 g/mol. The van der Waals surface area contributed by atoms with Gasteiger partial charge in [0.25, 0.3) is 0 Å². The number of rotatable bonds is 5. The number of carbonyl (C=O) groups is 1. The maximum Gasteiger partial charge on any atom is 0.224 e. The molecule has 1 N–H and O–H groups in total. The van der Waals surface area contributed by atoms with E-state index in [4.69, 9.17) is 0 Å². The third-order valence-electron chi connectivity index (χ3n) is 4.60. The van der Waals surface area contributed by atoms with Crippen molar-refractivity contribution in [3.05, 3.63) is 35.9 Å². The molecule has 138 valence electrons. The van der Waals surface area contributed by atoms with Gasteiger partial charge in [-0.05, 0) is 5.56 Å². The van der Waals surface area contributed by atoms with E-state index in [0.29, 0.717) is 32.6 Å². The van der Waals surface area contributed by atoms with Crippen molar-refractivity contribution in [2.45, 2.75) is 18.2 Å². The Hall–Kier alpha value is -1.09. The standard InChI is InChI=1S/C17H25N3O3S2/c21-17(12-16-13-24-11-6-18-16)19-7-9-20(10-8-19)25(22,23)14-15-4-2-1-3-5-15/h1-5,16,18H,6-14H2. The summed E-state index contributed by atoms with van der Waals surface area (Å²) in [7, 11) is -3.33. The first kappa shape index (κ1) is 18.7. The minimum Gasteiger partial charge on any atom is -0.340 e. The average molecular weight is 384 g/mol. The Morgan fingerprint density at radius 2 is 1.88 bits per heavy atom. The van der Waals surface area contributed by atoms with Gasteiger partial charge in [-0.2, -0.15) is 16.1 Å². The third kappa shape index (κ3) is 5.20. The van der Waals surface area contributed by atoms with Gasteiger partial charge in [-0.1, -0.05) is 30.3 Å². The molecule has 6 nitrogen and oxygen atoms in total. The Kier molecular flexibility index (Phi) is 6.38. The van der Waals surface area contributed by atoms with E-state index in [-0.39, 0.29) is 17.7 Å². The van der Waals surface area contributed by atoms with Crippen LogP contribution in [0, 0.1) is 0 Å².